The number of aliphatic hydroxyl groups excluding tert-OH is 4. The summed E-state index contributed by atoms with van der Waals surface area (Å²) >= 11 is 0. The molecule has 0 saturated heterocycles. The van der Waals surface area contributed by atoms with Crippen molar-refractivity contribution in [2.75, 3.05) is 172 Å². The normalized spacial score (nSPS) is 10.5. The molecule has 56 heavy (non-hydrogen) atoms. The predicted octanol–water partition coefficient (Wildman–Crippen LogP) is 0.815. The van der Waals surface area contributed by atoms with Crippen molar-refractivity contribution in [3.8, 4) is 0 Å². The number of carbonyl (C=O) groups excluding carboxylic acids is 1. The first-order valence-electron chi connectivity index (χ1n) is 19.9. The van der Waals surface area contributed by atoms with Crippen molar-refractivity contribution in [2.24, 2.45) is 5.73 Å². The zero-order valence-electron chi connectivity index (χ0n) is 36.2. The molecule has 0 aliphatic carbocycles. The fourth-order valence-electron chi connectivity index (χ4n) is 3.14. The fourth-order valence-corrected chi connectivity index (χ4v) is 3.14. The summed E-state index contributed by atoms with van der Waals surface area (Å²) in [6, 6.07) is 0.480. The van der Waals surface area contributed by atoms with Gasteiger partial charge in [-0.1, -0.05) is 13.8 Å². The Morgan fingerprint density at radius 3 is 0.839 bits per heavy atom. The Labute approximate surface area is 339 Å². The smallest absolute Gasteiger partial charge is 0.129 e. The Bertz CT molecular complexity index is 637. The molecule has 0 saturated carbocycles. The van der Waals surface area contributed by atoms with Crippen molar-refractivity contribution >= 4 is 5.78 Å². The van der Waals surface area contributed by atoms with Crippen LogP contribution in [0.15, 0.2) is 0 Å². The minimum atomic E-state index is -0.250. The summed E-state index contributed by atoms with van der Waals surface area (Å²) in [6.45, 7) is 25.5. The number of hydrogen-bond acceptors (Lipinski definition) is 18. The average molecular weight is 827 g/mol. The van der Waals surface area contributed by atoms with Crippen molar-refractivity contribution in [2.45, 2.75) is 73.5 Å². The molecule has 0 aromatic carbocycles. The molecule has 344 valence electrons. The first-order chi connectivity index (χ1) is 27.1. The minimum absolute atomic E-state index is 0.167. The SMILES string of the molecule is CC(=O)CCCOCCOCCOCCOCCOCCOCCOCCOCCOCCOCCOCCNC(C)C.CC(C)O.CCO.CCO.NCO. The van der Waals surface area contributed by atoms with Crippen LogP contribution in [0.2, 0.25) is 0 Å². The molecule has 0 aliphatic heterocycles. The van der Waals surface area contributed by atoms with Gasteiger partial charge in [0.15, 0.2) is 0 Å². The van der Waals surface area contributed by atoms with Gasteiger partial charge in [0.05, 0.1) is 145 Å². The Morgan fingerprint density at radius 1 is 0.482 bits per heavy atom. The molecule has 0 unspecified atom stereocenters. The zero-order chi connectivity index (χ0) is 43.0. The van der Waals surface area contributed by atoms with Gasteiger partial charge in [0, 0.05) is 44.9 Å². The van der Waals surface area contributed by atoms with Gasteiger partial charge in [-0.2, -0.15) is 0 Å². The van der Waals surface area contributed by atoms with E-state index in [1.165, 1.54) is 0 Å². The quantitative estimate of drug-likeness (QED) is 0.0373. The van der Waals surface area contributed by atoms with Gasteiger partial charge >= 0.3 is 0 Å². The first-order valence-corrected chi connectivity index (χ1v) is 19.9. The number of ketones is 1. The third-order valence-corrected chi connectivity index (χ3v) is 5.34. The highest BCUT2D eigenvalue weighted by Crippen LogP contribution is 1.92. The van der Waals surface area contributed by atoms with Crippen LogP contribution in [0.5, 0.6) is 0 Å². The van der Waals surface area contributed by atoms with Crippen LogP contribution >= 0.6 is 0 Å². The Hall–Kier alpha value is -1.01. The van der Waals surface area contributed by atoms with Crippen LogP contribution < -0.4 is 11.1 Å². The van der Waals surface area contributed by atoms with E-state index < -0.39 is 0 Å². The second kappa shape index (κ2) is 65.8. The van der Waals surface area contributed by atoms with Crippen molar-refractivity contribution in [1.29, 1.82) is 0 Å². The predicted molar refractivity (Wildman–Crippen MR) is 216 cm³/mol. The Morgan fingerprint density at radius 2 is 0.661 bits per heavy atom. The number of aliphatic hydroxyl groups is 4. The molecule has 0 radical (unpaired) electrons. The van der Waals surface area contributed by atoms with E-state index in [2.05, 4.69) is 24.9 Å². The van der Waals surface area contributed by atoms with Gasteiger partial charge in [-0.05, 0) is 41.0 Å². The standard InChI is InChI=1S/C30H61NO12.C3H8O.2C2H6O.CH5NO/c1-29(2)31-6-8-34-10-12-36-14-16-38-18-20-40-22-24-42-26-28-43-27-25-41-23-21-39-19-17-37-15-13-35-11-9-33-7-4-5-30(3)32;1-3(2)4;2*1-2-3;2-1-3/h29,31H,4-28H2,1-3H3;3-4H,1-2H3;2*3H,2H2,1H3;3H,1-2H2. The largest absolute Gasteiger partial charge is 0.397 e. The molecule has 0 spiro atoms. The average Bonchev–Trinajstić information content (AvgIpc) is 3.13. The molecule has 0 fully saturated rings. The summed E-state index contributed by atoms with van der Waals surface area (Å²) in [6.07, 6.45) is 1.16. The molecule has 0 atom stereocenters. The maximum absolute atomic E-state index is 10.8. The lowest BCUT2D eigenvalue weighted by Crippen LogP contribution is -2.27. The third-order valence-electron chi connectivity index (χ3n) is 5.34. The van der Waals surface area contributed by atoms with Crippen LogP contribution in [0.1, 0.15) is 61.3 Å². The Kier molecular flexibility index (Phi) is 75.4. The van der Waals surface area contributed by atoms with Crippen LogP contribution in [0.25, 0.3) is 0 Å². The summed E-state index contributed by atoms with van der Waals surface area (Å²) in [5, 5.41) is 33.8. The van der Waals surface area contributed by atoms with Gasteiger partial charge < -0.3 is 88.4 Å². The van der Waals surface area contributed by atoms with E-state index in [4.69, 9.17) is 72.5 Å². The summed E-state index contributed by atoms with van der Waals surface area (Å²) < 4.78 is 60.0. The summed E-state index contributed by atoms with van der Waals surface area (Å²) in [4.78, 5) is 10.8. The van der Waals surface area contributed by atoms with E-state index in [1.807, 2.05) is 0 Å². The lowest BCUT2D eigenvalue weighted by atomic mass is 10.2. The van der Waals surface area contributed by atoms with Crippen LogP contribution in [-0.4, -0.2) is 210 Å². The molecule has 0 amide bonds. The highest BCUT2D eigenvalue weighted by atomic mass is 16.6. The van der Waals surface area contributed by atoms with Crippen molar-refractivity contribution in [3.63, 3.8) is 0 Å². The maximum Gasteiger partial charge on any atom is 0.129 e. The maximum atomic E-state index is 10.8. The molecule has 0 heterocycles. The number of hydrogen-bond donors (Lipinski definition) is 6. The fraction of sp³-hybridized carbons (Fsp3) is 0.974. The van der Waals surface area contributed by atoms with Gasteiger partial charge in [0.2, 0.25) is 0 Å². The van der Waals surface area contributed by atoms with E-state index >= 15 is 0 Å². The summed E-state index contributed by atoms with van der Waals surface area (Å²) in [5.74, 6) is 0.190. The van der Waals surface area contributed by atoms with Gasteiger partial charge in [0.25, 0.3) is 0 Å². The number of ether oxygens (including phenoxy) is 11. The number of rotatable bonds is 38. The Balaban J connectivity index is -0.000000578. The van der Waals surface area contributed by atoms with E-state index in [9.17, 15) is 4.79 Å². The molecular weight excluding hydrogens is 740 g/mol. The van der Waals surface area contributed by atoms with Crippen molar-refractivity contribution < 1.29 is 77.3 Å². The first kappa shape index (κ1) is 64.1. The number of nitrogens with two attached hydrogens (primary N) is 1. The highest BCUT2D eigenvalue weighted by molar-refractivity contribution is 5.75. The van der Waals surface area contributed by atoms with Crippen molar-refractivity contribution in [3.05, 3.63) is 0 Å². The van der Waals surface area contributed by atoms with E-state index in [-0.39, 0.29) is 31.8 Å². The van der Waals surface area contributed by atoms with E-state index in [0.717, 1.165) is 13.0 Å². The number of carbonyl (C=O) groups is 1. The topological polar surface area (TPSA) is 238 Å². The number of Topliss-reactive ketones (excluding diaryl/α,β-unsaturated/α-hetero) is 1. The molecule has 18 heteroatoms. The zero-order valence-corrected chi connectivity index (χ0v) is 36.2. The molecular formula is C38H86N2O16. The van der Waals surface area contributed by atoms with Crippen LogP contribution in [-0.2, 0) is 56.9 Å². The number of nitrogens with one attached hydrogen (secondary N) is 1. The summed E-state index contributed by atoms with van der Waals surface area (Å²) in [7, 11) is 0. The lowest BCUT2D eigenvalue weighted by Gasteiger charge is -2.09. The van der Waals surface area contributed by atoms with Crippen molar-refractivity contribution in [1.82, 2.24) is 5.32 Å². The molecule has 0 aliphatic rings. The van der Waals surface area contributed by atoms with E-state index in [0.29, 0.717) is 158 Å². The highest BCUT2D eigenvalue weighted by Gasteiger charge is 1.97. The summed E-state index contributed by atoms with van der Waals surface area (Å²) in [5.41, 5.74) is 4.40. The van der Waals surface area contributed by atoms with Gasteiger partial charge in [-0.25, -0.2) is 0 Å². The lowest BCUT2D eigenvalue weighted by molar-refractivity contribution is -0.117. The van der Waals surface area contributed by atoms with Gasteiger partial charge in [0.1, 0.15) is 5.78 Å². The molecule has 18 nitrogen and oxygen atoms in total. The van der Waals surface area contributed by atoms with Crippen LogP contribution in [0.4, 0.5) is 0 Å². The molecule has 0 bridgehead atoms. The molecule has 0 rings (SSSR count). The van der Waals surface area contributed by atoms with Gasteiger partial charge in [-0.3, -0.25) is 0 Å². The molecule has 7 N–H and O–H groups in total. The van der Waals surface area contributed by atoms with Crippen LogP contribution in [0, 0.1) is 0 Å². The third kappa shape index (κ3) is 94.2. The second-order valence-electron chi connectivity index (χ2n) is 11.6. The molecule has 0 aromatic rings. The molecule has 0 aromatic heterocycles. The van der Waals surface area contributed by atoms with Gasteiger partial charge in [-0.15, -0.1) is 0 Å². The minimum Gasteiger partial charge on any atom is -0.397 e. The second-order valence-corrected chi connectivity index (χ2v) is 11.6. The van der Waals surface area contributed by atoms with E-state index in [1.54, 1.807) is 34.6 Å². The monoisotopic (exact) mass is 827 g/mol. The van der Waals surface area contributed by atoms with Crippen LogP contribution in [0.3, 0.4) is 0 Å².